The van der Waals surface area contributed by atoms with Crippen LogP contribution in [0, 0.1) is 0 Å². The quantitative estimate of drug-likeness (QED) is 0.806. The molecule has 0 spiro atoms. The summed E-state index contributed by atoms with van der Waals surface area (Å²) in [6.45, 7) is 0.582. The number of sulfone groups is 1. The molecule has 23 heavy (non-hydrogen) atoms. The molecule has 3 rings (SSSR count). The lowest BCUT2D eigenvalue weighted by Crippen LogP contribution is -2.55. The molecule has 0 saturated carbocycles. The van der Waals surface area contributed by atoms with Gasteiger partial charge in [-0.05, 0) is 12.8 Å². The van der Waals surface area contributed by atoms with Crippen molar-refractivity contribution in [2.24, 2.45) is 0 Å². The fourth-order valence-electron chi connectivity index (χ4n) is 3.17. The van der Waals surface area contributed by atoms with Crippen molar-refractivity contribution in [2.45, 2.75) is 38.3 Å². The van der Waals surface area contributed by atoms with Crippen LogP contribution in [-0.4, -0.2) is 63.9 Å². The molecule has 0 aromatic carbocycles. The Morgan fingerprint density at radius 2 is 2.00 bits per heavy atom. The van der Waals surface area contributed by atoms with Gasteiger partial charge in [-0.15, -0.1) is 0 Å². The average Bonchev–Trinajstić information content (AvgIpc) is 2.74. The Kier molecular flexibility index (Phi) is 4.13. The number of hydrogen-bond acceptors (Lipinski definition) is 5. The van der Waals surface area contributed by atoms with E-state index in [2.05, 4.69) is 4.98 Å². The summed E-state index contributed by atoms with van der Waals surface area (Å²) in [6.07, 6.45) is 5.30. The molecule has 2 aliphatic rings. The zero-order chi connectivity index (χ0) is 16.6. The molecule has 0 radical (unpaired) electrons. The predicted molar refractivity (Wildman–Crippen MR) is 80.9 cm³/mol. The van der Waals surface area contributed by atoms with E-state index in [0.29, 0.717) is 12.2 Å². The zero-order valence-electron chi connectivity index (χ0n) is 12.6. The fourth-order valence-corrected chi connectivity index (χ4v) is 4.61. The van der Waals surface area contributed by atoms with E-state index in [9.17, 15) is 23.1 Å². The Morgan fingerprint density at radius 1 is 1.22 bits per heavy atom. The molecule has 2 aliphatic heterocycles. The Labute approximate surface area is 134 Å². The molecular formula is C14H19N3O5S. The van der Waals surface area contributed by atoms with Crippen molar-refractivity contribution in [3.63, 3.8) is 0 Å². The van der Waals surface area contributed by atoms with Crippen molar-refractivity contribution in [1.82, 2.24) is 14.5 Å². The maximum Gasteiger partial charge on any atom is 0.327 e. The second kappa shape index (κ2) is 5.95. The van der Waals surface area contributed by atoms with Gasteiger partial charge in [0.05, 0.1) is 17.7 Å². The van der Waals surface area contributed by atoms with Gasteiger partial charge in [0.15, 0.2) is 9.84 Å². The summed E-state index contributed by atoms with van der Waals surface area (Å²) in [7, 11) is -3.43. The van der Waals surface area contributed by atoms with Crippen molar-refractivity contribution < 1.29 is 23.1 Å². The van der Waals surface area contributed by atoms with E-state index in [1.807, 2.05) is 4.57 Å². The summed E-state index contributed by atoms with van der Waals surface area (Å²) in [4.78, 5) is 29.6. The number of carbonyl (C=O) groups excluding carboxylic acids is 1. The molecule has 1 N–H and O–H groups in total. The van der Waals surface area contributed by atoms with Crippen molar-refractivity contribution in [3.05, 3.63) is 17.7 Å². The van der Waals surface area contributed by atoms with Crippen molar-refractivity contribution in [1.29, 1.82) is 0 Å². The van der Waals surface area contributed by atoms with Crippen LogP contribution < -0.4 is 0 Å². The van der Waals surface area contributed by atoms with Gasteiger partial charge in [-0.3, -0.25) is 4.79 Å². The summed E-state index contributed by atoms with van der Waals surface area (Å²) in [5.74, 6) is -1.65. The highest BCUT2D eigenvalue weighted by Gasteiger charge is 2.40. The van der Waals surface area contributed by atoms with Crippen molar-refractivity contribution in [2.75, 3.05) is 18.1 Å². The summed E-state index contributed by atoms with van der Waals surface area (Å²) >= 11 is 0. The van der Waals surface area contributed by atoms with Crippen LogP contribution >= 0.6 is 0 Å². The number of fused-ring (bicyclic) bond motifs is 1. The van der Waals surface area contributed by atoms with Crippen LogP contribution in [-0.2, 0) is 27.6 Å². The normalized spacial score (nSPS) is 23.8. The maximum atomic E-state index is 12.8. The number of amides is 1. The minimum Gasteiger partial charge on any atom is -0.480 e. The van der Waals surface area contributed by atoms with Gasteiger partial charge in [0.25, 0.3) is 5.91 Å². The first-order valence-electron chi connectivity index (χ1n) is 7.67. The minimum atomic E-state index is -3.43. The largest absolute Gasteiger partial charge is 0.480 e. The number of carboxylic acid groups (broad SMARTS) is 1. The topological polar surface area (TPSA) is 110 Å². The molecular weight excluding hydrogens is 322 g/mol. The van der Waals surface area contributed by atoms with Gasteiger partial charge in [-0.2, -0.15) is 0 Å². The van der Waals surface area contributed by atoms with Gasteiger partial charge in [0.1, 0.15) is 17.6 Å². The Balaban J connectivity index is 1.90. The van der Waals surface area contributed by atoms with E-state index >= 15 is 0 Å². The average molecular weight is 341 g/mol. The van der Waals surface area contributed by atoms with Crippen LogP contribution in [0.2, 0.25) is 0 Å². The standard InChI is InChI=1S/C14H19N3O5S/c18-13(10-8-15-12-4-2-1-3-5-16(10)12)17-6-7-23(21,22)9-11(17)14(19)20/h8,11H,1-7,9H2,(H,19,20). The molecule has 1 aromatic rings. The first kappa shape index (κ1) is 16.0. The van der Waals surface area contributed by atoms with Crippen molar-refractivity contribution >= 4 is 21.7 Å². The highest BCUT2D eigenvalue weighted by atomic mass is 32.2. The number of imidazole rings is 1. The lowest BCUT2D eigenvalue weighted by molar-refractivity contribution is -0.141. The molecule has 0 aliphatic carbocycles. The molecule has 9 heteroatoms. The summed E-state index contributed by atoms with van der Waals surface area (Å²) in [5.41, 5.74) is 0.354. The number of aromatic nitrogens is 2. The first-order valence-corrected chi connectivity index (χ1v) is 9.50. The van der Waals surface area contributed by atoms with Crippen LogP contribution in [0.25, 0.3) is 0 Å². The van der Waals surface area contributed by atoms with E-state index in [-0.39, 0.29) is 12.3 Å². The highest BCUT2D eigenvalue weighted by Crippen LogP contribution is 2.20. The first-order chi connectivity index (χ1) is 10.9. The van der Waals surface area contributed by atoms with E-state index in [1.54, 1.807) is 0 Å². The van der Waals surface area contributed by atoms with Crippen LogP contribution in [0.4, 0.5) is 0 Å². The van der Waals surface area contributed by atoms with E-state index in [0.717, 1.165) is 36.4 Å². The third-order valence-corrected chi connectivity index (χ3v) is 6.04. The van der Waals surface area contributed by atoms with Gasteiger partial charge in [0.2, 0.25) is 0 Å². The van der Waals surface area contributed by atoms with E-state index in [1.165, 1.54) is 6.20 Å². The fraction of sp³-hybridized carbons (Fsp3) is 0.643. The number of rotatable bonds is 2. The van der Waals surface area contributed by atoms with Crippen molar-refractivity contribution in [3.8, 4) is 0 Å². The Bertz CT molecular complexity index is 740. The minimum absolute atomic E-state index is 0.0986. The van der Waals surface area contributed by atoms with Gasteiger partial charge in [0, 0.05) is 19.5 Å². The number of nitrogens with zero attached hydrogens (tertiary/aromatic N) is 3. The predicted octanol–water partition coefficient (Wildman–Crippen LogP) is -0.0667. The molecule has 1 saturated heterocycles. The summed E-state index contributed by atoms with van der Waals surface area (Å²) in [6, 6.07) is -1.34. The lowest BCUT2D eigenvalue weighted by atomic mass is 10.2. The van der Waals surface area contributed by atoms with Crippen LogP contribution in [0.1, 0.15) is 35.6 Å². The number of carboxylic acids is 1. The van der Waals surface area contributed by atoms with Gasteiger partial charge < -0.3 is 14.6 Å². The molecule has 1 fully saturated rings. The Hall–Kier alpha value is -1.90. The molecule has 1 aromatic heterocycles. The molecule has 3 heterocycles. The van der Waals surface area contributed by atoms with Crippen LogP contribution in [0.5, 0.6) is 0 Å². The molecule has 0 bridgehead atoms. The Morgan fingerprint density at radius 3 is 2.74 bits per heavy atom. The van der Waals surface area contributed by atoms with Gasteiger partial charge >= 0.3 is 5.97 Å². The molecule has 1 unspecified atom stereocenters. The molecule has 1 atom stereocenters. The maximum absolute atomic E-state index is 12.8. The SMILES string of the molecule is O=C(O)C1CS(=O)(=O)CCN1C(=O)c1cnc2n1CCCCC2. The summed E-state index contributed by atoms with van der Waals surface area (Å²) in [5, 5.41) is 9.29. The van der Waals surface area contributed by atoms with E-state index < -0.39 is 33.5 Å². The third kappa shape index (κ3) is 3.10. The van der Waals surface area contributed by atoms with Crippen LogP contribution in [0.3, 0.4) is 0 Å². The smallest absolute Gasteiger partial charge is 0.327 e. The zero-order valence-corrected chi connectivity index (χ0v) is 13.5. The highest BCUT2D eigenvalue weighted by molar-refractivity contribution is 7.91. The van der Waals surface area contributed by atoms with Gasteiger partial charge in [-0.1, -0.05) is 6.42 Å². The van der Waals surface area contributed by atoms with Crippen LogP contribution in [0.15, 0.2) is 6.20 Å². The molecule has 8 nitrogen and oxygen atoms in total. The molecule has 126 valence electrons. The number of aryl methyl sites for hydroxylation is 1. The number of hydrogen-bond donors (Lipinski definition) is 1. The molecule has 1 amide bonds. The van der Waals surface area contributed by atoms with Gasteiger partial charge in [-0.25, -0.2) is 18.2 Å². The lowest BCUT2D eigenvalue weighted by Gasteiger charge is -2.32. The van der Waals surface area contributed by atoms with E-state index in [4.69, 9.17) is 0 Å². The second-order valence-corrected chi connectivity index (χ2v) is 8.22. The second-order valence-electron chi connectivity index (χ2n) is 5.99. The third-order valence-electron chi connectivity index (χ3n) is 4.42. The summed E-state index contributed by atoms with van der Waals surface area (Å²) < 4.78 is 25.2. The monoisotopic (exact) mass is 341 g/mol. The number of carbonyl (C=O) groups is 2. The number of aliphatic carboxylic acids is 1.